The molecule has 0 saturated carbocycles. The SMILES string of the molecule is CC(NCCS(C)(=O)=O)C1(c2ccc3ncnc(Nc4ccc(OCc5cccc(F)c5)c(Br)c4)c3c2)CC=CO1. The smallest absolute Gasteiger partial charge is 0.151 e. The third-order valence-corrected chi connectivity index (χ3v) is 8.59. The predicted octanol–water partition coefficient (Wildman–Crippen LogP) is 6.01. The summed E-state index contributed by atoms with van der Waals surface area (Å²) < 4.78 is 49.5. The van der Waals surface area contributed by atoms with Crippen LogP contribution in [0.3, 0.4) is 0 Å². The van der Waals surface area contributed by atoms with E-state index in [1.54, 1.807) is 12.3 Å². The maximum atomic E-state index is 13.5. The molecule has 2 unspecified atom stereocenters. The van der Waals surface area contributed by atoms with Crippen molar-refractivity contribution in [2.75, 3.05) is 23.9 Å². The summed E-state index contributed by atoms with van der Waals surface area (Å²) in [6.07, 6.45) is 7.03. The number of benzene rings is 3. The Morgan fingerprint density at radius 3 is 2.73 bits per heavy atom. The van der Waals surface area contributed by atoms with Gasteiger partial charge in [-0.3, -0.25) is 0 Å². The van der Waals surface area contributed by atoms with Crippen molar-refractivity contribution >= 4 is 48.2 Å². The molecule has 2 atom stereocenters. The highest BCUT2D eigenvalue weighted by Gasteiger charge is 2.41. The molecule has 3 aromatic carbocycles. The largest absolute Gasteiger partial charge is 0.489 e. The van der Waals surface area contributed by atoms with Gasteiger partial charge in [0, 0.05) is 36.3 Å². The summed E-state index contributed by atoms with van der Waals surface area (Å²) in [5, 5.41) is 7.52. The zero-order valence-electron chi connectivity index (χ0n) is 22.6. The fraction of sp³-hybridized carbons (Fsp3) is 0.267. The highest BCUT2D eigenvalue weighted by atomic mass is 79.9. The van der Waals surface area contributed by atoms with Crippen molar-refractivity contribution in [3.63, 3.8) is 0 Å². The Morgan fingerprint density at radius 2 is 2.00 bits per heavy atom. The summed E-state index contributed by atoms with van der Waals surface area (Å²) in [5.41, 5.74) is 2.50. The van der Waals surface area contributed by atoms with Crippen molar-refractivity contribution < 1.29 is 22.3 Å². The van der Waals surface area contributed by atoms with Crippen LogP contribution in [-0.4, -0.2) is 43.0 Å². The maximum absolute atomic E-state index is 13.5. The molecule has 1 aliphatic heterocycles. The van der Waals surface area contributed by atoms with Crippen LogP contribution in [0.1, 0.15) is 24.5 Å². The van der Waals surface area contributed by atoms with E-state index in [9.17, 15) is 12.8 Å². The van der Waals surface area contributed by atoms with Gasteiger partial charge in [-0.1, -0.05) is 18.2 Å². The van der Waals surface area contributed by atoms with Gasteiger partial charge >= 0.3 is 0 Å². The standard InChI is InChI=1S/C30H30BrFN4O4S/c1-20(33-12-14-41(2,37)38)30(11-4-13-40-30)22-7-9-27-25(16-22)29(35-19-34-27)36-24-8-10-28(26(31)17-24)39-18-21-5-3-6-23(32)15-21/h3-10,13,15-17,19-20,33H,11-12,14,18H2,1-2H3,(H,34,35,36). The van der Waals surface area contributed by atoms with E-state index in [4.69, 9.17) is 9.47 Å². The zero-order chi connectivity index (χ0) is 29.0. The molecular formula is C30H30BrFN4O4S. The number of nitrogens with one attached hydrogen (secondary N) is 2. The fourth-order valence-electron chi connectivity index (χ4n) is 4.82. The van der Waals surface area contributed by atoms with E-state index in [-0.39, 0.29) is 24.2 Å². The highest BCUT2D eigenvalue weighted by Crippen LogP contribution is 2.40. The number of fused-ring (bicyclic) bond motifs is 1. The number of sulfone groups is 1. The van der Waals surface area contributed by atoms with Gasteiger partial charge in [0.05, 0.1) is 22.0 Å². The quantitative estimate of drug-likeness (QED) is 0.206. The van der Waals surface area contributed by atoms with E-state index < -0.39 is 15.4 Å². The molecule has 8 nitrogen and oxygen atoms in total. The van der Waals surface area contributed by atoms with Crippen LogP contribution in [0, 0.1) is 5.82 Å². The second kappa shape index (κ2) is 12.1. The molecule has 1 aliphatic rings. The average molecular weight is 642 g/mol. The lowest BCUT2D eigenvalue weighted by atomic mass is 9.84. The summed E-state index contributed by atoms with van der Waals surface area (Å²) in [5.74, 6) is 0.991. The van der Waals surface area contributed by atoms with Crippen molar-refractivity contribution in [2.24, 2.45) is 0 Å². The normalized spacial score (nSPS) is 17.4. The van der Waals surface area contributed by atoms with E-state index in [1.165, 1.54) is 24.7 Å². The lowest BCUT2D eigenvalue weighted by Crippen LogP contribution is -2.47. The molecule has 0 fully saturated rings. The molecule has 5 rings (SSSR count). The molecule has 0 radical (unpaired) electrons. The summed E-state index contributed by atoms with van der Waals surface area (Å²) in [6.45, 7) is 2.56. The van der Waals surface area contributed by atoms with Gasteiger partial charge in [0.1, 0.15) is 40.2 Å². The number of ether oxygens (including phenoxy) is 2. The minimum absolute atomic E-state index is 0.0463. The van der Waals surface area contributed by atoms with E-state index in [1.807, 2.05) is 55.5 Å². The molecule has 1 aromatic heterocycles. The summed E-state index contributed by atoms with van der Waals surface area (Å²) in [4.78, 5) is 8.95. The van der Waals surface area contributed by atoms with Crippen LogP contribution in [0.25, 0.3) is 10.9 Å². The molecule has 0 bridgehead atoms. The van der Waals surface area contributed by atoms with Crippen molar-refractivity contribution in [2.45, 2.75) is 31.6 Å². The molecule has 0 aliphatic carbocycles. The fourth-order valence-corrected chi connectivity index (χ4v) is 5.80. The molecule has 214 valence electrons. The van der Waals surface area contributed by atoms with Gasteiger partial charge in [0.15, 0.2) is 5.60 Å². The van der Waals surface area contributed by atoms with Crippen molar-refractivity contribution in [1.82, 2.24) is 15.3 Å². The molecule has 4 aromatic rings. The number of nitrogens with zero attached hydrogens (tertiary/aromatic N) is 2. The van der Waals surface area contributed by atoms with Crippen LogP contribution >= 0.6 is 15.9 Å². The molecule has 41 heavy (non-hydrogen) atoms. The summed E-state index contributed by atoms with van der Waals surface area (Å²) in [6, 6.07) is 17.7. The minimum Gasteiger partial charge on any atom is -0.489 e. The van der Waals surface area contributed by atoms with Crippen LogP contribution in [-0.2, 0) is 26.8 Å². The Labute approximate surface area is 247 Å². The topological polar surface area (TPSA) is 102 Å². The van der Waals surface area contributed by atoms with Crippen molar-refractivity contribution in [1.29, 1.82) is 0 Å². The molecule has 2 heterocycles. The molecule has 0 spiro atoms. The highest BCUT2D eigenvalue weighted by molar-refractivity contribution is 9.10. The first-order valence-corrected chi connectivity index (χ1v) is 15.9. The number of halogens is 2. The van der Waals surface area contributed by atoms with Gasteiger partial charge in [0.2, 0.25) is 0 Å². The molecule has 11 heteroatoms. The lowest BCUT2D eigenvalue weighted by Gasteiger charge is -2.36. The molecular weight excluding hydrogens is 611 g/mol. The maximum Gasteiger partial charge on any atom is 0.151 e. The Bertz CT molecular complexity index is 1690. The number of hydrogen-bond donors (Lipinski definition) is 2. The first kappa shape index (κ1) is 29.0. The van der Waals surface area contributed by atoms with Crippen LogP contribution in [0.5, 0.6) is 5.75 Å². The lowest BCUT2D eigenvalue weighted by molar-refractivity contribution is 0.00893. The van der Waals surface area contributed by atoms with Gasteiger partial charge < -0.3 is 20.1 Å². The first-order chi connectivity index (χ1) is 19.6. The Morgan fingerprint density at radius 1 is 1.15 bits per heavy atom. The third kappa shape index (κ3) is 6.86. The number of rotatable bonds is 11. The number of anilines is 2. The number of hydrogen-bond acceptors (Lipinski definition) is 8. The van der Waals surface area contributed by atoms with Crippen LogP contribution < -0.4 is 15.4 Å². The van der Waals surface area contributed by atoms with Crippen LogP contribution in [0.15, 0.2) is 83.8 Å². The summed E-state index contributed by atoms with van der Waals surface area (Å²) >= 11 is 3.57. The monoisotopic (exact) mass is 640 g/mol. The van der Waals surface area contributed by atoms with E-state index in [0.29, 0.717) is 24.5 Å². The first-order valence-electron chi connectivity index (χ1n) is 13.1. The molecule has 0 amide bonds. The van der Waals surface area contributed by atoms with E-state index >= 15 is 0 Å². The second-order valence-corrected chi connectivity index (χ2v) is 13.1. The third-order valence-electron chi connectivity index (χ3n) is 7.02. The van der Waals surface area contributed by atoms with Crippen LogP contribution in [0.4, 0.5) is 15.9 Å². The van der Waals surface area contributed by atoms with Gasteiger partial charge in [0.25, 0.3) is 0 Å². The minimum atomic E-state index is -3.08. The van der Waals surface area contributed by atoms with Crippen molar-refractivity contribution in [3.05, 3.63) is 101 Å². The predicted molar refractivity (Wildman–Crippen MR) is 161 cm³/mol. The zero-order valence-corrected chi connectivity index (χ0v) is 25.0. The van der Waals surface area contributed by atoms with Crippen LogP contribution in [0.2, 0.25) is 0 Å². The average Bonchev–Trinajstić information content (AvgIpc) is 3.43. The van der Waals surface area contributed by atoms with Crippen molar-refractivity contribution in [3.8, 4) is 5.75 Å². The van der Waals surface area contributed by atoms with Gasteiger partial charge in [-0.2, -0.15) is 0 Å². The van der Waals surface area contributed by atoms with Gasteiger partial charge in [-0.15, -0.1) is 0 Å². The van der Waals surface area contributed by atoms with E-state index in [0.717, 1.165) is 32.2 Å². The second-order valence-electron chi connectivity index (χ2n) is 10.0. The van der Waals surface area contributed by atoms with Gasteiger partial charge in [-0.25, -0.2) is 22.8 Å². The number of aromatic nitrogens is 2. The Hall–Kier alpha value is -3.54. The Balaban J connectivity index is 1.37. The summed E-state index contributed by atoms with van der Waals surface area (Å²) in [7, 11) is -3.08. The Kier molecular flexibility index (Phi) is 8.58. The molecule has 2 N–H and O–H groups in total. The van der Waals surface area contributed by atoms with E-state index in [2.05, 4.69) is 36.5 Å². The molecule has 0 saturated heterocycles. The van der Waals surface area contributed by atoms with Gasteiger partial charge in [-0.05, 0) is 82.5 Å².